The van der Waals surface area contributed by atoms with E-state index >= 15 is 0 Å². The van der Waals surface area contributed by atoms with Gasteiger partial charge in [0.25, 0.3) is 5.56 Å². The maximum Gasteiger partial charge on any atom is 0.277 e. The van der Waals surface area contributed by atoms with Crippen LogP contribution in [0.3, 0.4) is 0 Å². The molecule has 1 unspecified atom stereocenters. The lowest BCUT2D eigenvalue weighted by atomic mass is 9.95. The molecular weight excluding hydrogens is 456 g/mol. The molecule has 2 heterocycles. The van der Waals surface area contributed by atoms with Gasteiger partial charge in [-0.1, -0.05) is 43.3 Å². The quantitative estimate of drug-likeness (QED) is 0.338. The third kappa shape index (κ3) is 5.32. The van der Waals surface area contributed by atoms with E-state index in [1.807, 2.05) is 43.3 Å². The van der Waals surface area contributed by atoms with Crippen molar-refractivity contribution in [3.8, 4) is 11.5 Å². The minimum Gasteiger partial charge on any atom is -0.493 e. The van der Waals surface area contributed by atoms with Gasteiger partial charge in [-0.2, -0.15) is 5.10 Å². The van der Waals surface area contributed by atoms with Crippen molar-refractivity contribution in [1.82, 2.24) is 19.6 Å². The zero-order chi connectivity index (χ0) is 25.7. The monoisotopic (exact) mass is 488 g/mol. The van der Waals surface area contributed by atoms with Gasteiger partial charge in [-0.25, -0.2) is 9.50 Å². The van der Waals surface area contributed by atoms with Gasteiger partial charge >= 0.3 is 0 Å². The molecule has 0 aliphatic heterocycles. The summed E-state index contributed by atoms with van der Waals surface area (Å²) in [5.74, 6) is 1.81. The van der Waals surface area contributed by atoms with Crippen LogP contribution >= 0.6 is 0 Å². The Balaban J connectivity index is 1.68. The van der Waals surface area contributed by atoms with Gasteiger partial charge in [-0.15, -0.1) is 0 Å². The van der Waals surface area contributed by atoms with E-state index in [1.54, 1.807) is 25.7 Å². The Bertz CT molecular complexity index is 1410. The van der Waals surface area contributed by atoms with Crippen LogP contribution in [0.15, 0.2) is 53.3 Å². The summed E-state index contributed by atoms with van der Waals surface area (Å²) in [6.45, 7) is 3.53. The Hall–Kier alpha value is -3.94. The fourth-order valence-electron chi connectivity index (χ4n) is 4.54. The van der Waals surface area contributed by atoms with Crippen molar-refractivity contribution in [2.24, 2.45) is 0 Å². The van der Waals surface area contributed by atoms with E-state index in [9.17, 15) is 9.59 Å². The molecule has 8 nitrogen and oxygen atoms in total. The number of carbonyl (C=O) groups excluding carboxylic acids is 1. The van der Waals surface area contributed by atoms with Gasteiger partial charge in [0.15, 0.2) is 17.0 Å². The summed E-state index contributed by atoms with van der Waals surface area (Å²) in [7, 11) is 3.17. The van der Waals surface area contributed by atoms with E-state index in [4.69, 9.17) is 19.6 Å². The first kappa shape index (κ1) is 25.2. The minimum atomic E-state index is -0.440. The van der Waals surface area contributed by atoms with E-state index in [-0.39, 0.29) is 11.3 Å². The molecule has 0 saturated heterocycles. The predicted molar refractivity (Wildman–Crippen MR) is 138 cm³/mol. The number of nitrogens with zero attached hydrogens (tertiary/aromatic N) is 3. The predicted octanol–water partition coefficient (Wildman–Crippen LogP) is 4.28. The topological polar surface area (TPSA) is 98.6 Å². The SMILES string of the molecule is CCc1nc(C(CCCc2ccccc2)C(C)=O)n2nc(Cc3ccc(OC)c(OC)c3)[nH]c(=O)c12. The number of rotatable bonds is 11. The number of ketones is 1. The molecule has 2 aromatic carbocycles. The van der Waals surface area contributed by atoms with Crippen LogP contribution in [0.5, 0.6) is 11.5 Å². The fraction of sp³-hybridized carbons (Fsp3) is 0.357. The summed E-state index contributed by atoms with van der Waals surface area (Å²) >= 11 is 0. The first-order chi connectivity index (χ1) is 17.4. The van der Waals surface area contributed by atoms with Gasteiger partial charge in [0.05, 0.1) is 25.8 Å². The first-order valence-electron chi connectivity index (χ1n) is 12.2. The summed E-state index contributed by atoms with van der Waals surface area (Å²) in [5, 5.41) is 4.74. The van der Waals surface area contributed by atoms with Crippen molar-refractivity contribution < 1.29 is 14.3 Å². The zero-order valence-corrected chi connectivity index (χ0v) is 21.2. The second kappa shape index (κ2) is 11.2. The summed E-state index contributed by atoms with van der Waals surface area (Å²) < 4.78 is 12.3. The minimum absolute atomic E-state index is 0.0149. The third-order valence-corrected chi connectivity index (χ3v) is 6.40. The lowest BCUT2D eigenvalue weighted by Gasteiger charge is -2.13. The molecule has 188 valence electrons. The van der Waals surface area contributed by atoms with Gasteiger partial charge in [0.2, 0.25) is 0 Å². The van der Waals surface area contributed by atoms with Gasteiger partial charge in [0.1, 0.15) is 17.4 Å². The van der Waals surface area contributed by atoms with E-state index < -0.39 is 5.92 Å². The maximum atomic E-state index is 13.1. The highest BCUT2D eigenvalue weighted by Crippen LogP contribution is 2.28. The van der Waals surface area contributed by atoms with Gasteiger partial charge < -0.3 is 14.5 Å². The summed E-state index contributed by atoms with van der Waals surface area (Å²) in [6, 6.07) is 15.8. The van der Waals surface area contributed by atoms with Crippen LogP contribution < -0.4 is 15.0 Å². The van der Waals surface area contributed by atoms with Crippen LogP contribution in [0, 0.1) is 0 Å². The Labute approximate surface area is 210 Å². The molecule has 8 heteroatoms. The van der Waals surface area contributed by atoms with Crippen LogP contribution in [-0.2, 0) is 24.1 Å². The van der Waals surface area contributed by atoms with Crippen molar-refractivity contribution >= 4 is 11.3 Å². The number of hydrogen-bond acceptors (Lipinski definition) is 6. The Morgan fingerprint density at radius 2 is 1.81 bits per heavy atom. The average Bonchev–Trinajstić information content (AvgIpc) is 3.25. The zero-order valence-electron chi connectivity index (χ0n) is 21.2. The number of methoxy groups -OCH3 is 2. The molecule has 0 fully saturated rings. The Morgan fingerprint density at radius 3 is 2.47 bits per heavy atom. The number of fused-ring (bicyclic) bond motifs is 1. The van der Waals surface area contributed by atoms with Crippen molar-refractivity contribution in [3.05, 3.63) is 87.4 Å². The molecule has 4 rings (SSSR count). The molecule has 36 heavy (non-hydrogen) atoms. The number of H-pyrrole nitrogens is 1. The van der Waals surface area contributed by atoms with Crippen LogP contribution in [0.2, 0.25) is 0 Å². The standard InChI is InChI=1S/C28H32N4O4/c1-5-22-26-28(34)30-25(17-20-14-15-23(35-3)24(16-20)36-4)31-32(26)27(29-22)21(18(2)33)13-9-12-19-10-7-6-8-11-19/h6-8,10-11,14-16,21H,5,9,12-13,17H2,1-4H3,(H,30,31,34). The maximum absolute atomic E-state index is 13.1. The van der Waals surface area contributed by atoms with Crippen LogP contribution in [0.1, 0.15) is 61.1 Å². The number of carbonyl (C=O) groups is 1. The number of Topliss-reactive ketones (excluding diaryl/α,β-unsaturated/α-hetero) is 1. The number of aromatic amines is 1. The van der Waals surface area contributed by atoms with Crippen molar-refractivity contribution in [1.29, 1.82) is 0 Å². The molecule has 0 bridgehead atoms. The van der Waals surface area contributed by atoms with Crippen LogP contribution in [0.25, 0.3) is 5.52 Å². The number of aromatic nitrogens is 4. The second-order valence-electron chi connectivity index (χ2n) is 8.84. The summed E-state index contributed by atoms with van der Waals surface area (Å²) in [6.07, 6.45) is 3.27. The lowest BCUT2D eigenvalue weighted by molar-refractivity contribution is -0.118. The molecule has 0 aliphatic carbocycles. The van der Waals surface area contributed by atoms with Crippen LogP contribution in [0.4, 0.5) is 0 Å². The molecule has 0 saturated carbocycles. The highest BCUT2D eigenvalue weighted by molar-refractivity contribution is 5.82. The van der Waals surface area contributed by atoms with Crippen LogP contribution in [-0.4, -0.2) is 39.6 Å². The number of aryl methyl sites for hydroxylation is 2. The van der Waals surface area contributed by atoms with Crippen molar-refractivity contribution in [3.63, 3.8) is 0 Å². The normalized spacial score (nSPS) is 12.0. The van der Waals surface area contributed by atoms with Gasteiger partial charge in [-0.3, -0.25) is 9.59 Å². The molecule has 1 N–H and O–H groups in total. The number of nitrogens with one attached hydrogen (secondary N) is 1. The molecule has 1 atom stereocenters. The lowest BCUT2D eigenvalue weighted by Crippen LogP contribution is -2.20. The van der Waals surface area contributed by atoms with E-state index in [0.29, 0.717) is 53.6 Å². The first-order valence-corrected chi connectivity index (χ1v) is 12.2. The number of hydrogen-bond donors (Lipinski definition) is 1. The smallest absolute Gasteiger partial charge is 0.277 e. The highest BCUT2D eigenvalue weighted by Gasteiger charge is 2.26. The number of benzene rings is 2. The van der Waals surface area contributed by atoms with Gasteiger partial charge in [0, 0.05) is 6.42 Å². The molecule has 4 aromatic rings. The van der Waals surface area contributed by atoms with Gasteiger partial charge in [-0.05, 0) is 55.9 Å². The molecule has 0 radical (unpaired) electrons. The van der Waals surface area contributed by atoms with E-state index in [2.05, 4.69) is 17.1 Å². The molecule has 0 aliphatic rings. The second-order valence-corrected chi connectivity index (χ2v) is 8.84. The number of imidazole rings is 1. The van der Waals surface area contributed by atoms with Crippen molar-refractivity contribution in [2.75, 3.05) is 14.2 Å². The molecule has 0 spiro atoms. The van der Waals surface area contributed by atoms with Crippen molar-refractivity contribution in [2.45, 2.75) is 51.9 Å². The summed E-state index contributed by atoms with van der Waals surface area (Å²) in [5.41, 5.74) is 2.92. The van der Waals surface area contributed by atoms with E-state index in [0.717, 1.165) is 18.4 Å². The van der Waals surface area contributed by atoms with E-state index in [1.165, 1.54) is 5.56 Å². The Morgan fingerprint density at radius 1 is 1.06 bits per heavy atom. The third-order valence-electron chi connectivity index (χ3n) is 6.40. The molecule has 0 amide bonds. The Kier molecular flexibility index (Phi) is 7.83. The summed E-state index contributed by atoms with van der Waals surface area (Å²) in [4.78, 5) is 33.5. The average molecular weight is 489 g/mol. The fourth-order valence-corrected chi connectivity index (χ4v) is 4.54. The molecule has 2 aromatic heterocycles. The molecular formula is C28H32N4O4. The highest BCUT2D eigenvalue weighted by atomic mass is 16.5. The largest absolute Gasteiger partial charge is 0.493 e. The number of ether oxygens (including phenoxy) is 2.